The van der Waals surface area contributed by atoms with Crippen LogP contribution in [0.1, 0.15) is 96.5 Å². The monoisotopic (exact) mass is 592 g/mol. The Balaban J connectivity index is -0.000000742. The summed E-state index contributed by atoms with van der Waals surface area (Å²) in [5.74, 6) is 0. The average molecular weight is 593 g/mol. The molecule has 44 heavy (non-hydrogen) atoms. The van der Waals surface area contributed by atoms with Gasteiger partial charge in [-0.15, -0.1) is 26.0 Å². The Labute approximate surface area is 272 Å². The average Bonchev–Trinajstić information content (AvgIpc) is 3.37. The Morgan fingerprint density at radius 2 is 1.50 bits per heavy atom. The fourth-order valence-electron chi connectivity index (χ4n) is 4.23. The number of aliphatic imine (C=N–C) groups is 1. The van der Waals surface area contributed by atoms with Gasteiger partial charge in [0.2, 0.25) is 0 Å². The van der Waals surface area contributed by atoms with Gasteiger partial charge in [0.1, 0.15) is 6.04 Å². The van der Waals surface area contributed by atoms with Crippen molar-refractivity contribution in [1.82, 2.24) is 0 Å². The van der Waals surface area contributed by atoms with E-state index in [-0.39, 0.29) is 13.5 Å². The SMILES string of the molecule is C.C#C.C=C.C=C(C=NC(C1=C(C)CCc2ccccc21)c1ccc(C)cc1)CC.C=C(N)C1=CC=CC=CC1.CC.CC. The van der Waals surface area contributed by atoms with Gasteiger partial charge in [-0.3, -0.25) is 4.99 Å². The molecular formula is C42H60N2. The van der Waals surface area contributed by atoms with E-state index in [0.717, 1.165) is 36.8 Å². The zero-order chi connectivity index (χ0) is 33.2. The molecule has 2 N–H and O–H groups in total. The standard InChI is InChI=1S/C24H27N.C9H11N.2C2H6.C2H4.C2H2.CH4/c1-5-17(2)16-25-24(21-13-10-18(3)11-14-21)23-19(4)12-15-20-8-6-7-9-22(20)23;1-8(10)9-6-4-2-3-5-7-9;4*1-2;/h6-11,13-14,16,24H,2,5,12,15H2,1,3-4H3;2-6H,1,7,10H2;2*1-2H3;1-2H2;1-2H;1H4. The number of aryl methyl sites for hydroxylation is 2. The van der Waals surface area contributed by atoms with Crippen molar-refractivity contribution in [3.05, 3.63) is 150 Å². The topological polar surface area (TPSA) is 38.4 Å². The van der Waals surface area contributed by atoms with Crippen molar-refractivity contribution in [2.24, 2.45) is 10.7 Å². The third kappa shape index (κ3) is 15.2. The van der Waals surface area contributed by atoms with Crippen LogP contribution >= 0.6 is 0 Å². The fourth-order valence-corrected chi connectivity index (χ4v) is 4.23. The first-order valence-electron chi connectivity index (χ1n) is 15.3. The highest BCUT2D eigenvalue weighted by Gasteiger charge is 2.24. The van der Waals surface area contributed by atoms with Crippen molar-refractivity contribution in [1.29, 1.82) is 0 Å². The lowest BCUT2D eigenvalue weighted by atomic mass is 9.81. The van der Waals surface area contributed by atoms with E-state index in [9.17, 15) is 0 Å². The number of benzene rings is 2. The minimum absolute atomic E-state index is 0. The predicted molar refractivity (Wildman–Crippen MR) is 204 cm³/mol. The number of rotatable bonds is 6. The third-order valence-electron chi connectivity index (χ3n) is 6.47. The maximum absolute atomic E-state index is 5.51. The van der Waals surface area contributed by atoms with Gasteiger partial charge in [-0.2, -0.15) is 0 Å². The molecule has 238 valence electrons. The first-order chi connectivity index (χ1) is 20.9. The Bertz CT molecular complexity index is 1260. The van der Waals surface area contributed by atoms with Crippen LogP contribution in [0.4, 0.5) is 0 Å². The number of nitrogens with two attached hydrogens (primary N) is 1. The number of hydrogen-bond donors (Lipinski definition) is 1. The van der Waals surface area contributed by atoms with E-state index in [1.807, 2.05) is 58.2 Å². The van der Waals surface area contributed by atoms with E-state index in [4.69, 9.17) is 10.7 Å². The van der Waals surface area contributed by atoms with Crippen LogP contribution in [0.15, 0.2) is 133 Å². The molecule has 1 unspecified atom stereocenters. The summed E-state index contributed by atoms with van der Waals surface area (Å²) < 4.78 is 0. The van der Waals surface area contributed by atoms with Gasteiger partial charge in [0, 0.05) is 11.9 Å². The Kier molecular flexibility index (Phi) is 27.5. The maximum Gasteiger partial charge on any atom is 0.100 e. The van der Waals surface area contributed by atoms with E-state index in [0.29, 0.717) is 5.70 Å². The number of fused-ring (bicyclic) bond motifs is 1. The van der Waals surface area contributed by atoms with Gasteiger partial charge in [0.15, 0.2) is 0 Å². The van der Waals surface area contributed by atoms with Gasteiger partial charge in [-0.1, -0.05) is 145 Å². The molecule has 0 heterocycles. The molecule has 2 heteroatoms. The highest BCUT2D eigenvalue weighted by Crippen LogP contribution is 2.41. The molecule has 0 amide bonds. The van der Waals surface area contributed by atoms with Crippen molar-refractivity contribution < 1.29 is 0 Å². The highest BCUT2D eigenvalue weighted by atomic mass is 14.8. The molecule has 2 aromatic carbocycles. The normalized spacial score (nSPS) is 12.8. The summed E-state index contributed by atoms with van der Waals surface area (Å²) in [6, 6.07) is 17.6. The van der Waals surface area contributed by atoms with Gasteiger partial charge in [0.05, 0.1) is 0 Å². The molecule has 2 aliphatic rings. The van der Waals surface area contributed by atoms with Crippen LogP contribution in [-0.4, -0.2) is 6.21 Å². The second-order valence-electron chi connectivity index (χ2n) is 9.19. The first-order valence-corrected chi connectivity index (χ1v) is 15.3. The summed E-state index contributed by atoms with van der Waals surface area (Å²) in [5, 5.41) is 0. The van der Waals surface area contributed by atoms with E-state index in [1.54, 1.807) is 0 Å². The van der Waals surface area contributed by atoms with Crippen molar-refractivity contribution in [2.45, 2.75) is 87.6 Å². The van der Waals surface area contributed by atoms with Gasteiger partial charge >= 0.3 is 0 Å². The zero-order valence-corrected chi connectivity index (χ0v) is 28.0. The van der Waals surface area contributed by atoms with Crippen LogP contribution in [0.25, 0.3) is 5.57 Å². The highest BCUT2D eigenvalue weighted by molar-refractivity contribution is 5.82. The first kappa shape index (κ1) is 44.1. The molecule has 2 aromatic rings. The fraction of sp³-hybridized carbons (Fsp3) is 0.310. The smallest absolute Gasteiger partial charge is 0.100 e. The van der Waals surface area contributed by atoms with Gasteiger partial charge in [-0.25, -0.2) is 0 Å². The molecular weight excluding hydrogens is 532 g/mol. The van der Waals surface area contributed by atoms with Crippen LogP contribution in [0, 0.1) is 19.8 Å². The van der Waals surface area contributed by atoms with Crippen LogP contribution in [0.2, 0.25) is 0 Å². The van der Waals surface area contributed by atoms with Crippen LogP contribution in [0.3, 0.4) is 0 Å². The van der Waals surface area contributed by atoms with E-state index >= 15 is 0 Å². The summed E-state index contributed by atoms with van der Waals surface area (Å²) in [6.45, 7) is 28.3. The minimum atomic E-state index is 0. The lowest BCUT2D eigenvalue weighted by molar-refractivity contribution is 0.855. The second-order valence-corrected chi connectivity index (χ2v) is 9.19. The Hall–Kier alpha value is -4.35. The van der Waals surface area contributed by atoms with Crippen LogP contribution in [-0.2, 0) is 6.42 Å². The van der Waals surface area contributed by atoms with Crippen molar-refractivity contribution in [2.75, 3.05) is 0 Å². The summed E-state index contributed by atoms with van der Waals surface area (Å²) in [4.78, 5) is 4.98. The molecule has 0 saturated carbocycles. The number of terminal acetylenes is 1. The number of nitrogens with zero attached hydrogens (tertiary/aromatic N) is 1. The summed E-state index contributed by atoms with van der Waals surface area (Å²) in [6.07, 6.45) is 24.0. The lowest BCUT2D eigenvalue weighted by Crippen LogP contribution is -2.10. The molecule has 4 rings (SSSR count). The molecule has 0 aromatic heterocycles. The van der Waals surface area contributed by atoms with E-state index in [2.05, 4.69) is 115 Å². The molecule has 0 aliphatic heterocycles. The van der Waals surface area contributed by atoms with Gasteiger partial charge in [0.25, 0.3) is 0 Å². The number of hydrogen-bond acceptors (Lipinski definition) is 2. The molecule has 0 radical (unpaired) electrons. The van der Waals surface area contributed by atoms with Crippen molar-refractivity contribution in [3.63, 3.8) is 0 Å². The number of allylic oxidation sites excluding steroid dienone is 8. The molecule has 0 spiro atoms. The van der Waals surface area contributed by atoms with Crippen LogP contribution in [0.5, 0.6) is 0 Å². The third-order valence-corrected chi connectivity index (χ3v) is 6.47. The summed E-state index contributed by atoms with van der Waals surface area (Å²) >= 11 is 0. The Morgan fingerprint density at radius 1 is 0.909 bits per heavy atom. The summed E-state index contributed by atoms with van der Waals surface area (Å²) in [7, 11) is 0. The maximum atomic E-state index is 5.51. The van der Waals surface area contributed by atoms with Crippen molar-refractivity contribution >= 4 is 11.8 Å². The van der Waals surface area contributed by atoms with Crippen LogP contribution < -0.4 is 5.73 Å². The zero-order valence-electron chi connectivity index (χ0n) is 28.0. The van der Waals surface area contributed by atoms with Crippen molar-refractivity contribution in [3.8, 4) is 12.8 Å². The van der Waals surface area contributed by atoms with E-state index < -0.39 is 0 Å². The predicted octanol–water partition coefficient (Wildman–Crippen LogP) is 12.1. The molecule has 2 aliphatic carbocycles. The quantitative estimate of drug-likeness (QED) is 0.202. The molecule has 1 atom stereocenters. The summed E-state index contributed by atoms with van der Waals surface area (Å²) in [5.41, 5.74) is 16.5. The molecule has 0 saturated heterocycles. The second kappa shape index (κ2) is 27.5. The Morgan fingerprint density at radius 3 is 2.07 bits per heavy atom. The lowest BCUT2D eigenvalue weighted by Gasteiger charge is -2.27. The van der Waals surface area contributed by atoms with E-state index in [1.165, 1.54) is 33.4 Å². The largest absolute Gasteiger partial charge is 0.399 e. The molecule has 0 fully saturated rings. The minimum Gasteiger partial charge on any atom is -0.399 e. The van der Waals surface area contributed by atoms with Gasteiger partial charge in [-0.05, 0) is 72.9 Å². The van der Waals surface area contributed by atoms with Gasteiger partial charge < -0.3 is 5.73 Å². The molecule has 0 bridgehead atoms. The molecule has 2 nitrogen and oxygen atoms in total.